The molecule has 0 fully saturated rings. The molecule has 2 N–H and O–H groups in total. The predicted molar refractivity (Wildman–Crippen MR) is 115 cm³/mol. The zero-order valence-electron chi connectivity index (χ0n) is 14.8. The normalized spacial score (nSPS) is 16.4. The maximum Gasteiger partial charge on any atom is 0.271 e. The van der Waals surface area contributed by atoms with Crippen molar-refractivity contribution in [2.75, 3.05) is 4.72 Å². The van der Waals surface area contributed by atoms with E-state index in [1.54, 1.807) is 29.6 Å². The number of aromatic amines is 1. The number of hydrogen-bond acceptors (Lipinski definition) is 3. The number of fused-ring (bicyclic) bond motifs is 3. The van der Waals surface area contributed by atoms with Crippen LogP contribution in [0.3, 0.4) is 0 Å². The third-order valence-electron chi connectivity index (χ3n) is 5.27. The Balaban J connectivity index is 1.60. The molecule has 1 atom stereocenters. The van der Waals surface area contributed by atoms with Gasteiger partial charge in [0.1, 0.15) is 4.21 Å². The highest BCUT2D eigenvalue weighted by Crippen LogP contribution is 2.44. The summed E-state index contributed by atoms with van der Waals surface area (Å²) in [6, 6.07) is 17.0. The van der Waals surface area contributed by atoms with E-state index < -0.39 is 10.0 Å². The molecule has 0 spiro atoms. The number of halogens is 1. The fourth-order valence-electron chi connectivity index (χ4n) is 4.06. The summed E-state index contributed by atoms with van der Waals surface area (Å²) in [4.78, 5) is 3.54. The van der Waals surface area contributed by atoms with Crippen LogP contribution >= 0.6 is 22.9 Å². The first-order valence-corrected chi connectivity index (χ1v) is 11.7. The number of benzene rings is 2. The van der Waals surface area contributed by atoms with Gasteiger partial charge in [0.25, 0.3) is 10.0 Å². The SMILES string of the molecule is O=S(=O)(Nc1ccc(Cl)cc1C1CCc2c1[nH]c1ccccc21)c1cccs1. The van der Waals surface area contributed by atoms with Crippen LogP contribution in [0.1, 0.15) is 29.2 Å². The molecule has 2 heterocycles. The average Bonchev–Trinajstić information content (AvgIpc) is 3.40. The Labute approximate surface area is 172 Å². The van der Waals surface area contributed by atoms with Crippen LogP contribution in [0.15, 0.2) is 64.2 Å². The van der Waals surface area contributed by atoms with Crippen LogP contribution in [-0.2, 0) is 16.4 Å². The molecular weight excluding hydrogens is 412 g/mol. The Kier molecular flexibility index (Phi) is 4.23. The summed E-state index contributed by atoms with van der Waals surface area (Å²) in [6.07, 6.45) is 1.87. The number of sulfonamides is 1. The lowest BCUT2D eigenvalue weighted by molar-refractivity contribution is 0.603. The summed E-state index contributed by atoms with van der Waals surface area (Å²) in [5.74, 6) is 0.0714. The maximum absolute atomic E-state index is 12.8. The minimum atomic E-state index is -3.62. The topological polar surface area (TPSA) is 62.0 Å². The van der Waals surface area contributed by atoms with Gasteiger partial charge in [-0.1, -0.05) is 35.9 Å². The van der Waals surface area contributed by atoms with Crippen LogP contribution in [0.4, 0.5) is 5.69 Å². The third kappa shape index (κ3) is 2.92. The standard InChI is InChI=1S/C21H17ClN2O2S2/c22-13-7-10-19(24-28(25,26)20-6-3-11-27-20)17(12-13)16-9-8-15-14-4-1-2-5-18(14)23-21(15)16/h1-7,10-12,16,23-24H,8-9H2. The second kappa shape index (κ2) is 6.65. The maximum atomic E-state index is 12.8. The van der Waals surface area contributed by atoms with Crippen LogP contribution in [0.2, 0.25) is 5.02 Å². The predicted octanol–water partition coefficient (Wildman–Crippen LogP) is 5.76. The molecule has 7 heteroatoms. The number of rotatable bonds is 4. The first-order chi connectivity index (χ1) is 13.5. The van der Waals surface area contributed by atoms with E-state index in [0.29, 0.717) is 14.9 Å². The number of para-hydroxylation sites is 1. The molecule has 2 aromatic carbocycles. The lowest BCUT2D eigenvalue weighted by Crippen LogP contribution is -2.14. The Morgan fingerprint density at radius 2 is 1.96 bits per heavy atom. The summed E-state index contributed by atoms with van der Waals surface area (Å²) in [5, 5.41) is 3.59. The summed E-state index contributed by atoms with van der Waals surface area (Å²) in [5.41, 5.74) is 5.06. The smallest absolute Gasteiger partial charge is 0.271 e. The number of aryl methyl sites for hydroxylation is 1. The van der Waals surface area contributed by atoms with Crippen molar-refractivity contribution < 1.29 is 8.42 Å². The summed E-state index contributed by atoms with van der Waals surface area (Å²) >= 11 is 7.49. The van der Waals surface area contributed by atoms with Crippen molar-refractivity contribution in [3.05, 3.63) is 81.8 Å². The van der Waals surface area contributed by atoms with Crippen LogP contribution < -0.4 is 4.72 Å². The second-order valence-electron chi connectivity index (χ2n) is 6.92. The van der Waals surface area contributed by atoms with Gasteiger partial charge in [-0.2, -0.15) is 0 Å². The highest BCUT2D eigenvalue weighted by atomic mass is 35.5. The fourth-order valence-corrected chi connectivity index (χ4v) is 6.32. The second-order valence-corrected chi connectivity index (χ2v) is 10.2. The largest absolute Gasteiger partial charge is 0.358 e. The van der Waals surface area contributed by atoms with Gasteiger partial charge in [-0.05, 0) is 59.7 Å². The van der Waals surface area contributed by atoms with E-state index in [0.717, 1.165) is 29.6 Å². The molecule has 0 aliphatic heterocycles. The Hall–Kier alpha value is -2.28. The summed E-state index contributed by atoms with van der Waals surface area (Å²) < 4.78 is 28.6. The monoisotopic (exact) mass is 428 g/mol. The first kappa shape index (κ1) is 17.8. The van der Waals surface area contributed by atoms with Crippen molar-refractivity contribution in [1.29, 1.82) is 0 Å². The number of aromatic nitrogens is 1. The first-order valence-electron chi connectivity index (χ1n) is 8.98. The van der Waals surface area contributed by atoms with Gasteiger partial charge in [-0.25, -0.2) is 8.42 Å². The van der Waals surface area contributed by atoms with Gasteiger partial charge in [-0.15, -0.1) is 11.3 Å². The molecule has 4 aromatic rings. The van der Waals surface area contributed by atoms with Crippen LogP contribution in [0, 0.1) is 0 Å². The molecule has 0 amide bonds. The zero-order chi connectivity index (χ0) is 19.3. The van der Waals surface area contributed by atoms with Crippen molar-refractivity contribution in [3.63, 3.8) is 0 Å². The Morgan fingerprint density at radius 3 is 2.79 bits per heavy atom. The van der Waals surface area contributed by atoms with Gasteiger partial charge >= 0.3 is 0 Å². The van der Waals surface area contributed by atoms with E-state index in [9.17, 15) is 8.42 Å². The number of hydrogen-bond donors (Lipinski definition) is 2. The number of H-pyrrole nitrogens is 1. The van der Waals surface area contributed by atoms with Gasteiger partial charge in [0.2, 0.25) is 0 Å². The molecule has 5 rings (SSSR count). The van der Waals surface area contributed by atoms with Crippen LogP contribution in [-0.4, -0.2) is 13.4 Å². The number of nitrogens with one attached hydrogen (secondary N) is 2. The number of anilines is 1. The van der Waals surface area contributed by atoms with E-state index in [-0.39, 0.29) is 5.92 Å². The molecule has 4 nitrogen and oxygen atoms in total. The molecule has 142 valence electrons. The molecule has 1 aliphatic rings. The molecule has 28 heavy (non-hydrogen) atoms. The molecule has 1 unspecified atom stereocenters. The van der Waals surface area contributed by atoms with E-state index in [2.05, 4.69) is 21.8 Å². The van der Waals surface area contributed by atoms with Crippen molar-refractivity contribution in [2.45, 2.75) is 23.0 Å². The highest BCUT2D eigenvalue weighted by Gasteiger charge is 2.30. The molecule has 0 saturated heterocycles. The van der Waals surface area contributed by atoms with Crippen LogP contribution in [0.25, 0.3) is 10.9 Å². The van der Waals surface area contributed by atoms with Crippen molar-refractivity contribution in [2.24, 2.45) is 0 Å². The fraction of sp³-hybridized carbons (Fsp3) is 0.143. The molecule has 0 saturated carbocycles. The van der Waals surface area contributed by atoms with Gasteiger partial charge in [-0.3, -0.25) is 4.72 Å². The average molecular weight is 429 g/mol. The summed E-state index contributed by atoms with van der Waals surface area (Å²) in [7, 11) is -3.62. The molecule has 1 aliphatic carbocycles. The minimum absolute atomic E-state index is 0.0714. The highest BCUT2D eigenvalue weighted by molar-refractivity contribution is 7.94. The molecular formula is C21H17ClN2O2S2. The lowest BCUT2D eigenvalue weighted by atomic mass is 9.95. The third-order valence-corrected chi connectivity index (χ3v) is 8.27. The molecule has 2 aromatic heterocycles. The lowest BCUT2D eigenvalue weighted by Gasteiger charge is -2.17. The van der Waals surface area contributed by atoms with Crippen molar-refractivity contribution in [3.8, 4) is 0 Å². The quantitative estimate of drug-likeness (QED) is 0.434. The summed E-state index contributed by atoms with van der Waals surface area (Å²) in [6.45, 7) is 0. The Bertz CT molecular complexity index is 1280. The van der Waals surface area contributed by atoms with E-state index in [1.807, 2.05) is 18.2 Å². The Morgan fingerprint density at radius 1 is 1.11 bits per heavy atom. The van der Waals surface area contributed by atoms with E-state index in [1.165, 1.54) is 22.3 Å². The van der Waals surface area contributed by atoms with E-state index >= 15 is 0 Å². The minimum Gasteiger partial charge on any atom is -0.358 e. The van der Waals surface area contributed by atoms with Crippen molar-refractivity contribution >= 4 is 49.6 Å². The van der Waals surface area contributed by atoms with Crippen molar-refractivity contribution in [1.82, 2.24) is 4.98 Å². The number of thiophene rings is 1. The van der Waals surface area contributed by atoms with Gasteiger partial charge in [0, 0.05) is 27.5 Å². The van der Waals surface area contributed by atoms with Gasteiger partial charge in [0.15, 0.2) is 0 Å². The molecule has 0 radical (unpaired) electrons. The van der Waals surface area contributed by atoms with Crippen LogP contribution in [0.5, 0.6) is 0 Å². The van der Waals surface area contributed by atoms with Gasteiger partial charge in [0.05, 0.1) is 5.69 Å². The van der Waals surface area contributed by atoms with Gasteiger partial charge < -0.3 is 4.98 Å². The molecule has 0 bridgehead atoms. The zero-order valence-corrected chi connectivity index (χ0v) is 17.2. The van der Waals surface area contributed by atoms with E-state index in [4.69, 9.17) is 11.6 Å².